The minimum atomic E-state index is 0.324. The van der Waals surface area contributed by atoms with Gasteiger partial charge < -0.3 is 14.5 Å². The molecular formula is C13H21NO2. The molecule has 3 nitrogen and oxygen atoms in total. The fourth-order valence-corrected chi connectivity index (χ4v) is 2.32. The van der Waals surface area contributed by atoms with E-state index in [2.05, 4.69) is 12.2 Å². The third-order valence-corrected chi connectivity index (χ3v) is 3.22. The molecule has 0 bridgehead atoms. The van der Waals surface area contributed by atoms with Gasteiger partial charge in [-0.05, 0) is 37.4 Å². The topological polar surface area (TPSA) is 34.4 Å². The fraction of sp³-hybridized carbons (Fsp3) is 0.692. The number of furan rings is 1. The van der Waals surface area contributed by atoms with Crippen LogP contribution in [0.3, 0.4) is 0 Å². The van der Waals surface area contributed by atoms with E-state index in [0.717, 1.165) is 24.6 Å². The van der Waals surface area contributed by atoms with Gasteiger partial charge in [0, 0.05) is 19.6 Å². The highest BCUT2D eigenvalue weighted by Crippen LogP contribution is 2.36. The lowest BCUT2D eigenvalue weighted by molar-refractivity contribution is 0.0500. The molecule has 0 amide bonds. The number of ether oxygens (including phenoxy) is 1. The molecule has 1 aliphatic rings. The molecule has 2 atom stereocenters. The molecule has 1 N–H and O–H groups in total. The molecule has 1 aliphatic carbocycles. The van der Waals surface area contributed by atoms with Gasteiger partial charge >= 0.3 is 0 Å². The van der Waals surface area contributed by atoms with Gasteiger partial charge in [0.05, 0.1) is 12.4 Å². The normalized spacial score (nSPS) is 19.6. The SMILES string of the molecule is CCNC(Cc1ccco1)C(OC)C1CC1. The summed E-state index contributed by atoms with van der Waals surface area (Å²) in [5.74, 6) is 1.78. The Bertz CT molecular complexity index is 293. The van der Waals surface area contributed by atoms with E-state index in [1.807, 2.05) is 19.2 Å². The average molecular weight is 223 g/mol. The van der Waals surface area contributed by atoms with Crippen LogP contribution in [0.2, 0.25) is 0 Å². The first-order chi connectivity index (χ1) is 7.85. The molecule has 0 aliphatic heterocycles. The summed E-state index contributed by atoms with van der Waals surface area (Å²) in [5.41, 5.74) is 0. The van der Waals surface area contributed by atoms with E-state index in [1.165, 1.54) is 12.8 Å². The minimum absolute atomic E-state index is 0.324. The summed E-state index contributed by atoms with van der Waals surface area (Å²) in [4.78, 5) is 0. The number of likely N-dealkylation sites (N-methyl/N-ethyl adjacent to an activating group) is 1. The Kier molecular flexibility index (Phi) is 4.02. The molecule has 1 saturated carbocycles. The molecule has 1 heterocycles. The molecule has 0 aromatic carbocycles. The Morgan fingerprint density at radius 3 is 2.88 bits per heavy atom. The van der Waals surface area contributed by atoms with Crippen LogP contribution >= 0.6 is 0 Å². The van der Waals surface area contributed by atoms with E-state index < -0.39 is 0 Å². The summed E-state index contributed by atoms with van der Waals surface area (Å²) >= 11 is 0. The molecule has 0 spiro atoms. The van der Waals surface area contributed by atoms with E-state index in [0.29, 0.717) is 12.1 Å². The third kappa shape index (κ3) is 2.86. The van der Waals surface area contributed by atoms with Crippen molar-refractivity contribution < 1.29 is 9.15 Å². The second-order valence-electron chi connectivity index (χ2n) is 4.49. The van der Waals surface area contributed by atoms with Crippen molar-refractivity contribution >= 4 is 0 Å². The largest absolute Gasteiger partial charge is 0.469 e. The van der Waals surface area contributed by atoms with Crippen molar-refractivity contribution in [1.29, 1.82) is 0 Å². The van der Waals surface area contributed by atoms with E-state index in [-0.39, 0.29) is 0 Å². The number of hydrogen-bond donors (Lipinski definition) is 1. The monoisotopic (exact) mass is 223 g/mol. The van der Waals surface area contributed by atoms with Crippen LogP contribution in [0.15, 0.2) is 22.8 Å². The van der Waals surface area contributed by atoms with Crippen LogP contribution in [-0.4, -0.2) is 25.8 Å². The Morgan fingerprint density at radius 1 is 1.56 bits per heavy atom. The molecule has 0 radical (unpaired) electrons. The summed E-state index contributed by atoms with van der Waals surface area (Å²) in [5, 5.41) is 3.51. The molecule has 3 heteroatoms. The molecule has 1 aromatic rings. The van der Waals surface area contributed by atoms with E-state index in [9.17, 15) is 0 Å². The highest BCUT2D eigenvalue weighted by atomic mass is 16.5. The van der Waals surface area contributed by atoms with E-state index >= 15 is 0 Å². The zero-order valence-corrected chi connectivity index (χ0v) is 10.1. The van der Waals surface area contributed by atoms with Gasteiger partial charge in [-0.1, -0.05) is 6.92 Å². The van der Waals surface area contributed by atoms with Crippen LogP contribution in [0.25, 0.3) is 0 Å². The summed E-state index contributed by atoms with van der Waals surface area (Å²) in [6.45, 7) is 3.10. The Morgan fingerprint density at radius 2 is 2.38 bits per heavy atom. The van der Waals surface area contributed by atoms with Gasteiger partial charge in [0.25, 0.3) is 0 Å². The van der Waals surface area contributed by atoms with Crippen LogP contribution in [0, 0.1) is 5.92 Å². The Balaban J connectivity index is 1.97. The first-order valence-electron chi connectivity index (χ1n) is 6.13. The summed E-state index contributed by atoms with van der Waals surface area (Å²) in [6.07, 6.45) is 5.58. The Hall–Kier alpha value is -0.800. The maximum atomic E-state index is 5.63. The van der Waals surface area contributed by atoms with Crippen LogP contribution in [0.4, 0.5) is 0 Å². The maximum absolute atomic E-state index is 5.63. The predicted molar refractivity (Wildman–Crippen MR) is 63.4 cm³/mol. The smallest absolute Gasteiger partial charge is 0.105 e. The lowest BCUT2D eigenvalue weighted by atomic mass is 10.0. The minimum Gasteiger partial charge on any atom is -0.469 e. The zero-order valence-electron chi connectivity index (χ0n) is 10.1. The van der Waals surface area contributed by atoms with E-state index in [4.69, 9.17) is 9.15 Å². The van der Waals surface area contributed by atoms with Gasteiger partial charge in [0.2, 0.25) is 0 Å². The maximum Gasteiger partial charge on any atom is 0.105 e. The number of nitrogens with one attached hydrogen (secondary N) is 1. The molecule has 0 saturated heterocycles. The first kappa shape index (κ1) is 11.7. The molecule has 90 valence electrons. The lowest BCUT2D eigenvalue weighted by Crippen LogP contribution is -2.43. The van der Waals surface area contributed by atoms with Crippen molar-refractivity contribution in [1.82, 2.24) is 5.32 Å². The van der Waals surface area contributed by atoms with Gasteiger partial charge in [0.1, 0.15) is 5.76 Å². The van der Waals surface area contributed by atoms with Crippen molar-refractivity contribution in [3.63, 3.8) is 0 Å². The van der Waals surface area contributed by atoms with E-state index in [1.54, 1.807) is 6.26 Å². The second kappa shape index (κ2) is 5.51. The molecule has 16 heavy (non-hydrogen) atoms. The third-order valence-electron chi connectivity index (χ3n) is 3.22. The van der Waals surface area contributed by atoms with Crippen LogP contribution < -0.4 is 5.32 Å². The van der Waals surface area contributed by atoms with Crippen LogP contribution in [0.5, 0.6) is 0 Å². The molecule has 2 unspecified atom stereocenters. The van der Waals surface area contributed by atoms with Crippen molar-refractivity contribution in [2.75, 3.05) is 13.7 Å². The first-order valence-corrected chi connectivity index (χ1v) is 6.13. The standard InChI is InChI=1S/C13H21NO2/c1-3-14-12(9-11-5-4-8-16-11)13(15-2)10-6-7-10/h4-5,8,10,12-14H,3,6-7,9H2,1-2H3. The van der Waals surface area contributed by atoms with Crippen molar-refractivity contribution in [3.8, 4) is 0 Å². The molecule has 2 rings (SSSR count). The summed E-state index contributed by atoms with van der Waals surface area (Å²) in [7, 11) is 1.81. The molecule has 1 aromatic heterocycles. The average Bonchev–Trinajstić information content (AvgIpc) is 2.97. The van der Waals surface area contributed by atoms with Gasteiger partial charge in [-0.25, -0.2) is 0 Å². The zero-order chi connectivity index (χ0) is 11.4. The fourth-order valence-electron chi connectivity index (χ4n) is 2.32. The quantitative estimate of drug-likeness (QED) is 0.769. The number of rotatable bonds is 7. The summed E-state index contributed by atoms with van der Waals surface area (Å²) in [6, 6.07) is 4.34. The van der Waals surface area contributed by atoms with Gasteiger partial charge in [-0.15, -0.1) is 0 Å². The van der Waals surface area contributed by atoms with Gasteiger partial charge in [0.15, 0.2) is 0 Å². The highest BCUT2D eigenvalue weighted by Gasteiger charge is 2.36. The molecular weight excluding hydrogens is 202 g/mol. The Labute approximate surface area is 97.2 Å². The highest BCUT2D eigenvalue weighted by molar-refractivity contribution is 5.03. The number of hydrogen-bond acceptors (Lipinski definition) is 3. The van der Waals surface area contributed by atoms with Crippen molar-refractivity contribution in [2.24, 2.45) is 5.92 Å². The van der Waals surface area contributed by atoms with Crippen molar-refractivity contribution in [2.45, 2.75) is 38.3 Å². The summed E-state index contributed by atoms with van der Waals surface area (Å²) < 4.78 is 11.0. The van der Waals surface area contributed by atoms with Gasteiger partial charge in [-0.2, -0.15) is 0 Å². The second-order valence-corrected chi connectivity index (χ2v) is 4.49. The van der Waals surface area contributed by atoms with Crippen molar-refractivity contribution in [3.05, 3.63) is 24.2 Å². The van der Waals surface area contributed by atoms with Gasteiger partial charge in [-0.3, -0.25) is 0 Å². The number of methoxy groups -OCH3 is 1. The van der Waals surface area contributed by atoms with Crippen LogP contribution in [0.1, 0.15) is 25.5 Å². The molecule has 1 fully saturated rings. The predicted octanol–water partition coefficient (Wildman–Crippen LogP) is 2.23. The lowest BCUT2D eigenvalue weighted by Gasteiger charge is -2.26. The van der Waals surface area contributed by atoms with Crippen LogP contribution in [-0.2, 0) is 11.2 Å².